The van der Waals surface area contributed by atoms with Crippen molar-refractivity contribution in [3.05, 3.63) is 23.1 Å². The molecule has 2 heterocycles. The lowest BCUT2D eigenvalue weighted by molar-refractivity contribution is 0.0937. The first-order valence-electron chi connectivity index (χ1n) is 5.68. The third kappa shape index (κ3) is 2.28. The van der Waals surface area contributed by atoms with Crippen LogP contribution in [0.25, 0.3) is 0 Å². The molecule has 0 saturated heterocycles. The van der Waals surface area contributed by atoms with Crippen molar-refractivity contribution in [2.75, 3.05) is 5.75 Å². The molecule has 0 bridgehead atoms. The van der Waals surface area contributed by atoms with Crippen LogP contribution < -0.4 is 5.32 Å². The molecule has 96 valence electrons. The number of aromatic nitrogens is 3. The predicted molar refractivity (Wildman–Crippen MR) is 62.5 cm³/mol. The molecule has 0 aromatic carbocycles. The van der Waals surface area contributed by atoms with Gasteiger partial charge in [-0.3, -0.25) is 9.89 Å². The van der Waals surface area contributed by atoms with Gasteiger partial charge in [-0.25, -0.2) is 13.4 Å². The van der Waals surface area contributed by atoms with Gasteiger partial charge in [0.2, 0.25) is 5.82 Å². The Kier molecular flexibility index (Phi) is 2.47. The van der Waals surface area contributed by atoms with E-state index in [0.717, 1.165) is 24.1 Å². The number of amides is 1. The molecule has 1 fully saturated rings. The molecule has 0 spiro atoms. The maximum Gasteiger partial charge on any atom is 0.291 e. The van der Waals surface area contributed by atoms with Gasteiger partial charge in [-0.2, -0.15) is 0 Å². The fourth-order valence-corrected chi connectivity index (χ4v) is 3.05. The van der Waals surface area contributed by atoms with E-state index in [2.05, 4.69) is 20.5 Å². The summed E-state index contributed by atoms with van der Waals surface area (Å²) >= 11 is 0. The van der Waals surface area contributed by atoms with Gasteiger partial charge in [0.15, 0.2) is 9.84 Å². The van der Waals surface area contributed by atoms with Gasteiger partial charge in [-0.05, 0) is 18.9 Å². The third-order valence-electron chi connectivity index (χ3n) is 2.92. The first kappa shape index (κ1) is 11.4. The summed E-state index contributed by atoms with van der Waals surface area (Å²) in [6.45, 7) is 0. The molecule has 1 saturated carbocycles. The van der Waals surface area contributed by atoms with Crippen LogP contribution in [-0.2, 0) is 9.84 Å². The molecular formula is C10H12N4O3S. The molecule has 1 aliphatic carbocycles. The summed E-state index contributed by atoms with van der Waals surface area (Å²) in [4.78, 5) is 15.9. The third-order valence-corrected chi connectivity index (χ3v) is 4.31. The molecule has 8 heteroatoms. The highest BCUT2D eigenvalue weighted by Crippen LogP contribution is 2.37. The van der Waals surface area contributed by atoms with E-state index in [0.29, 0.717) is 5.92 Å². The van der Waals surface area contributed by atoms with Crippen molar-refractivity contribution in [1.29, 1.82) is 0 Å². The second kappa shape index (κ2) is 3.91. The van der Waals surface area contributed by atoms with Crippen LogP contribution in [0, 0.1) is 0 Å². The van der Waals surface area contributed by atoms with Gasteiger partial charge in [0.05, 0.1) is 11.8 Å². The van der Waals surface area contributed by atoms with Crippen LogP contribution >= 0.6 is 0 Å². The number of hydrogen-bond donors (Lipinski definition) is 2. The minimum Gasteiger partial charge on any atom is -0.342 e. The Balaban J connectivity index is 1.66. The zero-order valence-electron chi connectivity index (χ0n) is 9.46. The Morgan fingerprint density at radius 1 is 1.44 bits per heavy atom. The van der Waals surface area contributed by atoms with E-state index in [1.165, 1.54) is 6.08 Å². The van der Waals surface area contributed by atoms with E-state index < -0.39 is 21.8 Å². The molecule has 1 aromatic rings. The summed E-state index contributed by atoms with van der Waals surface area (Å²) in [5.74, 6) is 0.638. The van der Waals surface area contributed by atoms with Crippen molar-refractivity contribution in [1.82, 2.24) is 20.5 Å². The average Bonchev–Trinajstić information content (AvgIpc) is 2.93. The van der Waals surface area contributed by atoms with Crippen LogP contribution in [0.15, 0.2) is 11.5 Å². The number of carbonyl (C=O) groups is 1. The minimum absolute atomic E-state index is 0.0644. The van der Waals surface area contributed by atoms with E-state index >= 15 is 0 Å². The number of H-pyrrole nitrogens is 1. The number of rotatable bonds is 3. The quantitative estimate of drug-likeness (QED) is 0.784. The number of carbonyl (C=O) groups excluding carboxylic acids is 1. The lowest BCUT2D eigenvalue weighted by Gasteiger charge is -2.06. The number of nitrogens with zero attached hydrogens (tertiary/aromatic N) is 2. The molecule has 3 rings (SSSR count). The molecule has 1 aliphatic heterocycles. The van der Waals surface area contributed by atoms with Gasteiger partial charge in [0.25, 0.3) is 5.91 Å². The highest BCUT2D eigenvalue weighted by Gasteiger charge is 2.29. The molecule has 1 amide bonds. The highest BCUT2D eigenvalue weighted by molar-refractivity contribution is 7.94. The van der Waals surface area contributed by atoms with Gasteiger partial charge in [-0.1, -0.05) is 0 Å². The lowest BCUT2D eigenvalue weighted by Crippen LogP contribution is -2.36. The Bertz CT molecular complexity index is 615. The molecular weight excluding hydrogens is 256 g/mol. The lowest BCUT2D eigenvalue weighted by atomic mass is 10.3. The van der Waals surface area contributed by atoms with Crippen molar-refractivity contribution in [2.45, 2.75) is 24.8 Å². The summed E-state index contributed by atoms with van der Waals surface area (Å²) in [5.41, 5.74) is 0. The van der Waals surface area contributed by atoms with Crippen LogP contribution in [0.5, 0.6) is 0 Å². The second-order valence-electron chi connectivity index (χ2n) is 4.56. The molecule has 1 aromatic heterocycles. The van der Waals surface area contributed by atoms with Crippen molar-refractivity contribution >= 4 is 15.7 Å². The molecule has 0 radical (unpaired) electrons. The monoisotopic (exact) mass is 268 g/mol. The Labute approximate surface area is 104 Å². The molecule has 7 nitrogen and oxygen atoms in total. The first-order chi connectivity index (χ1) is 8.53. The van der Waals surface area contributed by atoms with E-state index in [4.69, 9.17) is 0 Å². The molecule has 18 heavy (non-hydrogen) atoms. The Hall–Kier alpha value is -1.70. The Morgan fingerprint density at radius 3 is 2.83 bits per heavy atom. The number of hydrogen-bond acceptors (Lipinski definition) is 5. The number of sulfone groups is 1. The van der Waals surface area contributed by atoms with E-state index in [-0.39, 0.29) is 11.6 Å². The van der Waals surface area contributed by atoms with Crippen LogP contribution in [0.1, 0.15) is 35.2 Å². The van der Waals surface area contributed by atoms with Crippen molar-refractivity contribution in [2.24, 2.45) is 0 Å². The molecule has 2 N–H and O–H groups in total. The van der Waals surface area contributed by atoms with E-state index in [9.17, 15) is 13.2 Å². The fourth-order valence-electron chi connectivity index (χ4n) is 1.81. The highest BCUT2D eigenvalue weighted by atomic mass is 32.2. The largest absolute Gasteiger partial charge is 0.342 e. The van der Waals surface area contributed by atoms with Gasteiger partial charge in [0.1, 0.15) is 5.82 Å². The zero-order valence-corrected chi connectivity index (χ0v) is 10.3. The summed E-state index contributed by atoms with van der Waals surface area (Å²) in [5, 5.41) is 10.3. The molecule has 2 aliphatic rings. The minimum atomic E-state index is -3.17. The smallest absolute Gasteiger partial charge is 0.291 e. The van der Waals surface area contributed by atoms with Crippen molar-refractivity contribution < 1.29 is 13.2 Å². The second-order valence-corrected chi connectivity index (χ2v) is 6.49. The van der Waals surface area contributed by atoms with E-state index in [1.807, 2.05) is 0 Å². The maximum atomic E-state index is 11.8. The van der Waals surface area contributed by atoms with Crippen LogP contribution in [0.2, 0.25) is 0 Å². The topological polar surface area (TPSA) is 105 Å². The fraction of sp³-hybridized carbons (Fsp3) is 0.500. The Morgan fingerprint density at radius 2 is 2.22 bits per heavy atom. The van der Waals surface area contributed by atoms with Crippen LogP contribution in [0.4, 0.5) is 0 Å². The van der Waals surface area contributed by atoms with Crippen LogP contribution in [-0.4, -0.2) is 41.3 Å². The summed E-state index contributed by atoms with van der Waals surface area (Å²) in [6, 6.07) is -0.495. The first-order valence-corrected chi connectivity index (χ1v) is 7.39. The normalized spacial score (nSPS) is 25.2. The van der Waals surface area contributed by atoms with Gasteiger partial charge >= 0.3 is 0 Å². The number of aromatic amines is 1. The molecule has 1 unspecified atom stereocenters. The van der Waals surface area contributed by atoms with Crippen LogP contribution in [0.3, 0.4) is 0 Å². The maximum absolute atomic E-state index is 11.8. The number of nitrogens with one attached hydrogen (secondary N) is 2. The zero-order chi connectivity index (χ0) is 12.8. The molecule has 1 atom stereocenters. The predicted octanol–water partition coefficient (Wildman–Crippen LogP) is -0.277. The summed E-state index contributed by atoms with van der Waals surface area (Å²) < 4.78 is 22.4. The standard InChI is InChI=1S/C10H12N4O3S/c15-10(11-7-3-4-18(16,17)5-7)9-12-8(13-14-9)6-1-2-6/h3-4,6-7H,1-2,5H2,(H,11,15)(H,12,13,14). The van der Waals surface area contributed by atoms with Crippen molar-refractivity contribution in [3.8, 4) is 0 Å². The van der Waals surface area contributed by atoms with Crippen molar-refractivity contribution in [3.63, 3.8) is 0 Å². The van der Waals surface area contributed by atoms with Gasteiger partial charge < -0.3 is 5.32 Å². The summed E-state index contributed by atoms with van der Waals surface area (Å²) in [7, 11) is -3.17. The van der Waals surface area contributed by atoms with E-state index in [1.54, 1.807) is 0 Å². The van der Waals surface area contributed by atoms with Gasteiger partial charge in [0, 0.05) is 11.3 Å². The van der Waals surface area contributed by atoms with Gasteiger partial charge in [-0.15, -0.1) is 5.10 Å². The summed E-state index contributed by atoms with van der Waals surface area (Å²) in [6.07, 6.45) is 3.60. The average molecular weight is 268 g/mol. The SMILES string of the molecule is O=C(NC1C=CS(=O)(=O)C1)c1n[nH]c(C2CC2)n1.